The number of hydrogen-bond donors (Lipinski definition) is 0. The number of fused-ring (bicyclic) bond motifs is 1. The van der Waals surface area contributed by atoms with Crippen LogP contribution in [0.5, 0.6) is 0 Å². The van der Waals surface area contributed by atoms with E-state index in [9.17, 15) is 24.0 Å². The Hall–Kier alpha value is -4.05. The monoisotopic (exact) mass is 676 g/mol. The summed E-state index contributed by atoms with van der Waals surface area (Å²) >= 11 is 0. The van der Waals surface area contributed by atoms with Crippen LogP contribution in [0.4, 0.5) is 0 Å². The molecule has 0 spiro atoms. The molecule has 49 heavy (non-hydrogen) atoms. The molecule has 0 aromatic heterocycles. The summed E-state index contributed by atoms with van der Waals surface area (Å²) in [5.41, 5.74) is -1.87. The second-order valence-corrected chi connectivity index (χ2v) is 14.7. The molecule has 0 amide bonds. The first-order valence-corrected chi connectivity index (χ1v) is 17.0. The van der Waals surface area contributed by atoms with Gasteiger partial charge in [0.2, 0.25) is 0 Å². The third-order valence-electron chi connectivity index (χ3n) is 11.2. The predicted octanol–water partition coefficient (Wildman–Crippen LogP) is 5.88. The fraction of sp³-hybridized carbons (Fsp3) is 0.564. The van der Waals surface area contributed by atoms with Crippen molar-refractivity contribution >= 4 is 29.7 Å². The van der Waals surface area contributed by atoms with Crippen molar-refractivity contribution < 1.29 is 47.7 Å². The maximum Gasteiger partial charge on any atom is 0.338 e. The average molecular weight is 677 g/mol. The van der Waals surface area contributed by atoms with Gasteiger partial charge in [-0.05, 0) is 76.2 Å². The van der Waals surface area contributed by atoms with E-state index in [4.69, 9.17) is 23.7 Å². The maximum atomic E-state index is 14.7. The normalized spacial score (nSPS) is 36.4. The van der Waals surface area contributed by atoms with Gasteiger partial charge in [-0.1, -0.05) is 58.0 Å². The molecule has 0 unspecified atom stereocenters. The summed E-state index contributed by atoms with van der Waals surface area (Å²) in [6, 6.07) is 8.48. The molecule has 0 bridgehead atoms. The molecular formula is C39H48O10. The quantitative estimate of drug-likeness (QED) is 0.113. The smallest absolute Gasteiger partial charge is 0.338 e. The standard InChI is InChI=1S/C39H48O10/c1-11-20(3)34(42)47-31-28-27(37(28,9)10)30(45-25(8)40)24(7)32(41)38-19-23(6)33(48-35(43)21(4)12-2)39(38,49-38)18-22(5)29(31)46-36(44)26-16-14-13-15-17-26/h11-18,23-24,27-31,33H,19H2,1-10H3/t23-,24+,27-,28+,29+,30-,31-,33-,38-,39-/m0/s1. The van der Waals surface area contributed by atoms with Gasteiger partial charge in [0, 0.05) is 29.9 Å². The number of Topliss-reactive ketones (excluding diaryl/α,β-unsaturated/α-hetero) is 1. The molecular weight excluding hydrogens is 628 g/mol. The third-order valence-corrected chi connectivity index (χ3v) is 11.2. The van der Waals surface area contributed by atoms with Crippen LogP contribution in [0.3, 0.4) is 0 Å². The van der Waals surface area contributed by atoms with Gasteiger partial charge in [-0.15, -0.1) is 0 Å². The van der Waals surface area contributed by atoms with Crippen molar-refractivity contribution in [2.75, 3.05) is 0 Å². The number of ether oxygens (including phenoxy) is 5. The molecule has 2 saturated carbocycles. The highest BCUT2D eigenvalue weighted by atomic mass is 16.7. The number of carbonyl (C=O) groups is 5. The highest BCUT2D eigenvalue weighted by molar-refractivity contribution is 5.96. The lowest BCUT2D eigenvalue weighted by molar-refractivity contribution is -0.157. The van der Waals surface area contributed by atoms with E-state index in [1.807, 2.05) is 20.8 Å². The van der Waals surface area contributed by atoms with Crippen molar-refractivity contribution in [3.8, 4) is 0 Å². The summed E-state index contributed by atoms with van der Waals surface area (Å²) in [5, 5.41) is 0. The van der Waals surface area contributed by atoms with Gasteiger partial charge < -0.3 is 23.7 Å². The first-order valence-electron chi connectivity index (χ1n) is 17.0. The van der Waals surface area contributed by atoms with E-state index in [2.05, 4.69) is 0 Å². The molecule has 1 saturated heterocycles. The third kappa shape index (κ3) is 6.06. The SMILES string of the molecule is CC=C(C)C(=O)O[C@H]1[C@H]2[C@@H]([C@@H](OC(C)=O)[C@@H](C)C(=O)[C@@]34C[C@H](C)[C@H](OC(=O)C(C)=CC)[C@]3(C=C(C)[C@H]1OC(=O)c1ccccc1)O4)C2(C)C. The summed E-state index contributed by atoms with van der Waals surface area (Å²) in [6.07, 6.45) is 1.31. The van der Waals surface area contributed by atoms with E-state index in [0.29, 0.717) is 22.3 Å². The van der Waals surface area contributed by atoms with E-state index in [1.54, 1.807) is 90.1 Å². The van der Waals surface area contributed by atoms with Crippen LogP contribution in [0.1, 0.15) is 86.0 Å². The summed E-state index contributed by atoms with van der Waals surface area (Å²) in [4.78, 5) is 67.7. The lowest BCUT2D eigenvalue weighted by atomic mass is 9.80. The number of rotatable bonds is 7. The molecule has 1 aromatic rings. The molecule has 264 valence electrons. The fourth-order valence-corrected chi connectivity index (χ4v) is 8.26. The van der Waals surface area contributed by atoms with Crippen LogP contribution in [0.2, 0.25) is 0 Å². The number of allylic oxidation sites excluding steroid dienone is 2. The van der Waals surface area contributed by atoms with Crippen molar-refractivity contribution in [1.29, 1.82) is 0 Å². The van der Waals surface area contributed by atoms with E-state index in [1.165, 1.54) is 6.92 Å². The van der Waals surface area contributed by atoms with Gasteiger partial charge >= 0.3 is 23.9 Å². The lowest BCUT2D eigenvalue weighted by Crippen LogP contribution is -2.43. The molecule has 1 aliphatic heterocycles. The Morgan fingerprint density at radius 3 is 1.98 bits per heavy atom. The molecule has 10 atom stereocenters. The summed E-state index contributed by atoms with van der Waals surface area (Å²) in [6.45, 7) is 17.3. The zero-order valence-electron chi connectivity index (χ0n) is 30.0. The summed E-state index contributed by atoms with van der Waals surface area (Å²) in [7, 11) is 0. The van der Waals surface area contributed by atoms with Crippen molar-refractivity contribution in [2.24, 2.45) is 29.1 Å². The largest absolute Gasteiger partial charge is 0.461 e. The molecule has 1 aromatic carbocycles. The van der Waals surface area contributed by atoms with Crippen LogP contribution in [0, 0.1) is 29.1 Å². The Labute approximate surface area is 288 Å². The van der Waals surface area contributed by atoms with Gasteiger partial charge in [0.05, 0.1) is 11.5 Å². The zero-order chi connectivity index (χ0) is 36.2. The van der Waals surface area contributed by atoms with Crippen LogP contribution in [0.25, 0.3) is 0 Å². The minimum atomic E-state index is -1.40. The minimum Gasteiger partial charge on any atom is -0.461 e. The van der Waals surface area contributed by atoms with Gasteiger partial charge in [0.25, 0.3) is 0 Å². The fourth-order valence-electron chi connectivity index (χ4n) is 8.26. The van der Waals surface area contributed by atoms with E-state index < -0.39 is 82.7 Å². The molecule has 3 fully saturated rings. The molecule has 5 rings (SSSR count). The van der Waals surface area contributed by atoms with E-state index in [-0.39, 0.29) is 18.1 Å². The van der Waals surface area contributed by atoms with Crippen LogP contribution in [-0.4, -0.2) is 65.3 Å². The van der Waals surface area contributed by atoms with Gasteiger partial charge in [-0.2, -0.15) is 0 Å². The molecule has 3 aliphatic carbocycles. The first kappa shape index (κ1) is 36.2. The number of hydrogen-bond acceptors (Lipinski definition) is 10. The Bertz CT molecular complexity index is 1640. The predicted molar refractivity (Wildman–Crippen MR) is 179 cm³/mol. The summed E-state index contributed by atoms with van der Waals surface area (Å²) in [5.74, 6) is -4.65. The molecule has 10 nitrogen and oxygen atoms in total. The highest BCUT2D eigenvalue weighted by Gasteiger charge is 2.84. The van der Waals surface area contributed by atoms with E-state index in [0.717, 1.165) is 0 Å². The molecule has 0 N–H and O–H groups in total. The van der Waals surface area contributed by atoms with Gasteiger partial charge in [0.1, 0.15) is 18.3 Å². The van der Waals surface area contributed by atoms with Crippen LogP contribution < -0.4 is 0 Å². The Balaban J connectivity index is 1.73. The number of carbonyl (C=O) groups excluding carboxylic acids is 5. The number of epoxide rings is 1. The average Bonchev–Trinajstić information content (AvgIpc) is 3.86. The topological polar surface area (TPSA) is 135 Å². The van der Waals surface area contributed by atoms with Crippen LogP contribution in [0.15, 0.2) is 65.3 Å². The first-order chi connectivity index (χ1) is 23.0. The zero-order valence-corrected chi connectivity index (χ0v) is 30.0. The second-order valence-electron chi connectivity index (χ2n) is 14.7. The van der Waals surface area contributed by atoms with Gasteiger partial charge in [-0.3, -0.25) is 9.59 Å². The van der Waals surface area contributed by atoms with Gasteiger partial charge in [-0.25, -0.2) is 14.4 Å². The van der Waals surface area contributed by atoms with Crippen molar-refractivity contribution in [3.05, 3.63) is 70.8 Å². The number of benzene rings is 1. The highest BCUT2D eigenvalue weighted by Crippen LogP contribution is 2.69. The van der Waals surface area contributed by atoms with Crippen molar-refractivity contribution in [2.45, 2.75) is 111 Å². The van der Waals surface area contributed by atoms with Crippen LogP contribution in [-0.2, 0) is 42.9 Å². The van der Waals surface area contributed by atoms with Crippen LogP contribution >= 0.6 is 0 Å². The Kier molecular flexibility index (Phi) is 9.62. The Morgan fingerprint density at radius 1 is 0.837 bits per heavy atom. The van der Waals surface area contributed by atoms with E-state index >= 15 is 0 Å². The second kappa shape index (κ2) is 13.0. The number of esters is 4. The van der Waals surface area contributed by atoms with Crippen molar-refractivity contribution in [1.82, 2.24) is 0 Å². The molecule has 0 radical (unpaired) electrons. The van der Waals surface area contributed by atoms with Crippen molar-refractivity contribution in [3.63, 3.8) is 0 Å². The molecule has 4 aliphatic rings. The minimum absolute atomic E-state index is 0.254. The summed E-state index contributed by atoms with van der Waals surface area (Å²) < 4.78 is 31.1. The molecule has 1 heterocycles. The number of ketones is 1. The maximum absolute atomic E-state index is 14.7. The van der Waals surface area contributed by atoms with Gasteiger partial charge in [0.15, 0.2) is 23.1 Å². The lowest BCUT2D eigenvalue weighted by Gasteiger charge is -2.31. The molecule has 10 heteroatoms. The Morgan fingerprint density at radius 2 is 1.41 bits per heavy atom.